The first-order valence-electron chi connectivity index (χ1n) is 9.61. The van der Waals surface area contributed by atoms with E-state index in [4.69, 9.17) is 22.3 Å². The van der Waals surface area contributed by atoms with Crippen molar-refractivity contribution in [2.45, 2.75) is 51.1 Å². The minimum absolute atomic E-state index is 0.289. The molecule has 136 valence electrons. The zero-order valence-electron chi connectivity index (χ0n) is 15.2. The van der Waals surface area contributed by atoms with Crippen LogP contribution in [-0.2, 0) is 6.54 Å². The van der Waals surface area contributed by atoms with Crippen LogP contribution in [-0.4, -0.2) is 5.84 Å². The van der Waals surface area contributed by atoms with Gasteiger partial charge in [0, 0.05) is 23.5 Å². The predicted octanol–water partition coefficient (Wildman–Crippen LogP) is 5.47. The van der Waals surface area contributed by atoms with E-state index >= 15 is 0 Å². The lowest BCUT2D eigenvalue weighted by molar-refractivity contribution is 0.518. The number of nitrogens with zero attached hydrogens (tertiary/aromatic N) is 1. The summed E-state index contributed by atoms with van der Waals surface area (Å²) in [5.41, 5.74) is 11.2. The van der Waals surface area contributed by atoms with Crippen LogP contribution in [0.1, 0.15) is 61.3 Å². The van der Waals surface area contributed by atoms with E-state index in [9.17, 15) is 0 Å². The van der Waals surface area contributed by atoms with Crippen molar-refractivity contribution in [3.63, 3.8) is 0 Å². The summed E-state index contributed by atoms with van der Waals surface area (Å²) >= 11 is 6.09. The lowest BCUT2D eigenvalue weighted by Crippen LogP contribution is -2.28. The molecule has 3 unspecified atom stereocenters. The van der Waals surface area contributed by atoms with Crippen molar-refractivity contribution in [3.8, 4) is 0 Å². The molecule has 0 spiro atoms. The van der Waals surface area contributed by atoms with E-state index in [1.54, 1.807) is 0 Å². The molecular weight excluding hydrogens is 342 g/mol. The minimum Gasteiger partial charge on any atom is -0.387 e. The SMILES string of the molecule is CCC(NCc1cccc(Cl)c1)c1ccc2c(c1)N=C(N)C1CCCC21. The van der Waals surface area contributed by atoms with Crippen LogP contribution in [0.15, 0.2) is 47.5 Å². The van der Waals surface area contributed by atoms with Gasteiger partial charge < -0.3 is 11.1 Å². The maximum Gasteiger partial charge on any atom is 0.103 e. The minimum atomic E-state index is 0.289. The van der Waals surface area contributed by atoms with Crippen LogP contribution in [0.4, 0.5) is 5.69 Å². The van der Waals surface area contributed by atoms with Crippen LogP contribution < -0.4 is 11.1 Å². The van der Waals surface area contributed by atoms with E-state index in [0.29, 0.717) is 11.8 Å². The number of aliphatic imine (C=N–C) groups is 1. The number of hydrogen-bond acceptors (Lipinski definition) is 3. The average Bonchev–Trinajstić information content (AvgIpc) is 3.13. The topological polar surface area (TPSA) is 50.4 Å². The maximum absolute atomic E-state index is 6.26. The van der Waals surface area contributed by atoms with Gasteiger partial charge in [0.2, 0.25) is 0 Å². The summed E-state index contributed by atoms with van der Waals surface area (Å²) in [5.74, 6) is 1.85. The third-order valence-electron chi connectivity index (χ3n) is 5.85. The largest absolute Gasteiger partial charge is 0.387 e. The summed E-state index contributed by atoms with van der Waals surface area (Å²) in [5, 5.41) is 4.43. The molecule has 1 fully saturated rings. The third kappa shape index (κ3) is 3.38. The van der Waals surface area contributed by atoms with Gasteiger partial charge in [-0.05, 0) is 60.1 Å². The molecular formula is C22H26ClN3. The zero-order valence-corrected chi connectivity index (χ0v) is 16.0. The highest BCUT2D eigenvalue weighted by atomic mass is 35.5. The second-order valence-electron chi connectivity index (χ2n) is 7.47. The highest BCUT2D eigenvalue weighted by Gasteiger charge is 2.35. The van der Waals surface area contributed by atoms with Crippen LogP contribution in [0.5, 0.6) is 0 Å². The molecule has 2 aromatic rings. The fourth-order valence-electron chi connectivity index (χ4n) is 4.48. The lowest BCUT2D eigenvalue weighted by atomic mass is 9.84. The Balaban J connectivity index is 1.54. The molecule has 3 N–H and O–H groups in total. The van der Waals surface area contributed by atoms with Crippen LogP contribution in [0.25, 0.3) is 0 Å². The molecule has 4 rings (SSSR count). The quantitative estimate of drug-likeness (QED) is 0.736. The van der Waals surface area contributed by atoms with Crippen molar-refractivity contribution >= 4 is 23.1 Å². The van der Waals surface area contributed by atoms with Gasteiger partial charge in [-0.1, -0.05) is 49.2 Å². The molecule has 4 heteroatoms. The van der Waals surface area contributed by atoms with E-state index in [0.717, 1.165) is 29.5 Å². The third-order valence-corrected chi connectivity index (χ3v) is 6.09. The Hall–Kier alpha value is -1.84. The number of nitrogens with one attached hydrogen (secondary N) is 1. The number of amidine groups is 1. The fourth-order valence-corrected chi connectivity index (χ4v) is 4.69. The molecule has 2 aliphatic rings. The van der Waals surface area contributed by atoms with Crippen LogP contribution in [0.3, 0.4) is 0 Å². The van der Waals surface area contributed by atoms with Gasteiger partial charge in [-0.15, -0.1) is 0 Å². The summed E-state index contributed by atoms with van der Waals surface area (Å²) in [7, 11) is 0. The van der Waals surface area contributed by atoms with Crippen molar-refractivity contribution in [2.75, 3.05) is 0 Å². The average molecular weight is 368 g/mol. The van der Waals surface area contributed by atoms with Crippen molar-refractivity contribution in [1.29, 1.82) is 0 Å². The van der Waals surface area contributed by atoms with E-state index in [2.05, 4.69) is 36.5 Å². The molecule has 1 aliphatic heterocycles. The Morgan fingerprint density at radius 1 is 1.19 bits per heavy atom. The first kappa shape index (κ1) is 17.6. The molecule has 26 heavy (non-hydrogen) atoms. The lowest BCUT2D eigenvalue weighted by Gasteiger charge is -2.27. The highest BCUT2D eigenvalue weighted by Crippen LogP contribution is 2.47. The molecule has 0 saturated heterocycles. The molecule has 3 nitrogen and oxygen atoms in total. The molecule has 0 radical (unpaired) electrons. The van der Waals surface area contributed by atoms with E-state index < -0.39 is 0 Å². The number of benzene rings is 2. The van der Waals surface area contributed by atoms with Crippen LogP contribution in [0, 0.1) is 5.92 Å². The number of nitrogens with two attached hydrogens (primary N) is 1. The van der Waals surface area contributed by atoms with Crippen molar-refractivity contribution in [3.05, 3.63) is 64.2 Å². The first-order chi connectivity index (χ1) is 12.7. The van der Waals surface area contributed by atoms with Gasteiger partial charge in [-0.2, -0.15) is 0 Å². The predicted molar refractivity (Wildman–Crippen MR) is 109 cm³/mol. The molecule has 0 amide bonds. The van der Waals surface area contributed by atoms with E-state index in [-0.39, 0.29) is 6.04 Å². The van der Waals surface area contributed by atoms with Gasteiger partial charge >= 0.3 is 0 Å². The zero-order chi connectivity index (χ0) is 18.1. The van der Waals surface area contributed by atoms with Gasteiger partial charge in [-0.3, -0.25) is 0 Å². The van der Waals surface area contributed by atoms with Gasteiger partial charge in [0.05, 0.1) is 5.69 Å². The highest BCUT2D eigenvalue weighted by molar-refractivity contribution is 6.30. The summed E-state index contributed by atoms with van der Waals surface area (Å²) < 4.78 is 0. The number of hydrogen-bond donors (Lipinski definition) is 2. The second-order valence-corrected chi connectivity index (χ2v) is 7.91. The maximum atomic E-state index is 6.26. The molecule has 2 aromatic carbocycles. The van der Waals surface area contributed by atoms with Gasteiger partial charge in [0.25, 0.3) is 0 Å². The Bertz CT molecular complexity index is 830. The summed E-state index contributed by atoms with van der Waals surface area (Å²) in [6, 6.07) is 15.1. The molecule has 1 saturated carbocycles. The Morgan fingerprint density at radius 2 is 2.04 bits per heavy atom. The second kappa shape index (κ2) is 7.42. The Labute approximate surface area is 160 Å². The number of fused-ring (bicyclic) bond motifs is 3. The van der Waals surface area contributed by atoms with Crippen molar-refractivity contribution in [1.82, 2.24) is 5.32 Å². The fraction of sp³-hybridized carbons (Fsp3) is 0.409. The standard InChI is InChI=1S/C22H26ClN3/c1-2-20(25-13-14-5-3-6-16(23)11-14)15-9-10-18-17-7-4-8-19(17)22(24)26-21(18)12-15/h3,5-6,9-12,17,19-20,25H,2,4,7-8,13H2,1H3,(H2,24,26). The summed E-state index contributed by atoms with van der Waals surface area (Å²) in [6.45, 7) is 3.01. The van der Waals surface area contributed by atoms with Crippen LogP contribution in [0.2, 0.25) is 5.02 Å². The molecule has 1 aliphatic carbocycles. The number of rotatable bonds is 5. The molecule has 0 bridgehead atoms. The van der Waals surface area contributed by atoms with Gasteiger partial charge in [-0.25, -0.2) is 4.99 Å². The molecule has 3 atom stereocenters. The van der Waals surface area contributed by atoms with Crippen LogP contribution >= 0.6 is 11.6 Å². The summed E-state index contributed by atoms with van der Waals surface area (Å²) in [4.78, 5) is 4.74. The van der Waals surface area contributed by atoms with Crippen molar-refractivity contribution in [2.24, 2.45) is 16.6 Å². The smallest absolute Gasteiger partial charge is 0.103 e. The van der Waals surface area contributed by atoms with Gasteiger partial charge in [0.1, 0.15) is 5.84 Å². The van der Waals surface area contributed by atoms with E-state index in [1.807, 2.05) is 18.2 Å². The first-order valence-corrected chi connectivity index (χ1v) is 9.99. The Kier molecular flexibility index (Phi) is 5.01. The van der Waals surface area contributed by atoms with Crippen molar-refractivity contribution < 1.29 is 0 Å². The summed E-state index contributed by atoms with van der Waals surface area (Å²) in [6.07, 6.45) is 4.69. The molecule has 1 heterocycles. The molecule has 0 aromatic heterocycles. The monoisotopic (exact) mass is 367 g/mol. The van der Waals surface area contributed by atoms with Gasteiger partial charge in [0.15, 0.2) is 0 Å². The normalized spacial score (nSPS) is 22.5. The Morgan fingerprint density at radius 3 is 2.85 bits per heavy atom. The number of halogens is 1. The van der Waals surface area contributed by atoms with E-state index in [1.165, 1.54) is 36.0 Å².